The number of rotatable bonds is 4. The van der Waals surface area contributed by atoms with Crippen molar-refractivity contribution in [1.29, 1.82) is 0 Å². The topological polar surface area (TPSA) is 41.6 Å². The third-order valence-corrected chi connectivity index (χ3v) is 4.48. The van der Waals surface area contributed by atoms with Crippen LogP contribution in [0.4, 0.5) is 0 Å². The molecular weight excluding hydrogens is 228 g/mol. The van der Waals surface area contributed by atoms with Gasteiger partial charge >= 0.3 is 0 Å². The molecule has 2 saturated heterocycles. The second kappa shape index (κ2) is 5.17. The number of piperidine rings is 1. The molecule has 1 aliphatic carbocycles. The van der Waals surface area contributed by atoms with E-state index in [0.29, 0.717) is 11.9 Å². The summed E-state index contributed by atoms with van der Waals surface area (Å²) in [5.74, 6) is 0.302. The number of ether oxygens (including phenoxy) is 1. The van der Waals surface area contributed by atoms with Gasteiger partial charge in [-0.1, -0.05) is 0 Å². The van der Waals surface area contributed by atoms with Gasteiger partial charge in [0.05, 0.1) is 18.2 Å². The number of likely N-dealkylation sites (tertiary alicyclic amines) is 1. The van der Waals surface area contributed by atoms with Crippen LogP contribution < -0.4 is 5.32 Å². The minimum Gasteiger partial charge on any atom is -0.376 e. The maximum absolute atomic E-state index is 12.5. The molecule has 2 aliphatic heterocycles. The van der Waals surface area contributed by atoms with Crippen molar-refractivity contribution in [3.05, 3.63) is 0 Å². The Morgan fingerprint density at radius 1 is 1.28 bits per heavy atom. The van der Waals surface area contributed by atoms with Crippen molar-refractivity contribution in [2.24, 2.45) is 0 Å². The normalized spacial score (nSPS) is 34.9. The first kappa shape index (κ1) is 12.4. The van der Waals surface area contributed by atoms with Crippen LogP contribution in [0.5, 0.6) is 0 Å². The summed E-state index contributed by atoms with van der Waals surface area (Å²) >= 11 is 0. The van der Waals surface area contributed by atoms with Crippen LogP contribution in [0.25, 0.3) is 0 Å². The molecule has 3 atom stereocenters. The minimum absolute atomic E-state index is 0.0649. The summed E-state index contributed by atoms with van der Waals surface area (Å²) in [7, 11) is 0. The van der Waals surface area contributed by atoms with Gasteiger partial charge in [0, 0.05) is 19.2 Å². The predicted molar refractivity (Wildman–Crippen MR) is 69.3 cm³/mol. The third kappa shape index (κ3) is 2.54. The van der Waals surface area contributed by atoms with Gasteiger partial charge in [-0.25, -0.2) is 0 Å². The monoisotopic (exact) mass is 252 g/mol. The van der Waals surface area contributed by atoms with E-state index in [9.17, 15) is 4.79 Å². The van der Waals surface area contributed by atoms with Gasteiger partial charge < -0.3 is 15.0 Å². The number of hydrogen-bond acceptors (Lipinski definition) is 3. The third-order valence-electron chi connectivity index (χ3n) is 4.48. The van der Waals surface area contributed by atoms with E-state index in [1.54, 1.807) is 0 Å². The first-order valence-corrected chi connectivity index (χ1v) is 7.44. The summed E-state index contributed by atoms with van der Waals surface area (Å²) < 4.78 is 5.73. The highest BCUT2D eigenvalue weighted by molar-refractivity contribution is 5.83. The largest absolute Gasteiger partial charge is 0.376 e. The van der Waals surface area contributed by atoms with Crippen LogP contribution in [0, 0.1) is 0 Å². The van der Waals surface area contributed by atoms with E-state index in [2.05, 4.69) is 17.1 Å². The predicted octanol–water partition coefficient (Wildman–Crippen LogP) is 1.30. The van der Waals surface area contributed by atoms with Crippen LogP contribution in [0.3, 0.4) is 0 Å². The number of amides is 1. The Labute approximate surface area is 109 Å². The zero-order valence-corrected chi connectivity index (χ0v) is 11.2. The molecule has 1 saturated carbocycles. The number of nitrogens with one attached hydrogen (secondary N) is 1. The average molecular weight is 252 g/mol. The lowest BCUT2D eigenvalue weighted by Crippen LogP contribution is -2.56. The summed E-state index contributed by atoms with van der Waals surface area (Å²) in [6.07, 6.45) is 7.11. The SMILES string of the molecule is CC(C1CCCO1)N1CCCC(NC2CC2)C1=O. The highest BCUT2D eigenvalue weighted by atomic mass is 16.5. The molecule has 4 heteroatoms. The second-order valence-corrected chi connectivity index (χ2v) is 5.96. The summed E-state index contributed by atoms with van der Waals surface area (Å²) in [6.45, 7) is 3.91. The Bertz CT molecular complexity index is 311. The van der Waals surface area contributed by atoms with Gasteiger partial charge in [0.25, 0.3) is 0 Å². The standard InChI is InChI=1S/C14H24N2O2/c1-10(13-5-3-9-18-13)16-8-2-4-12(14(16)17)15-11-6-7-11/h10-13,15H,2-9H2,1H3. The molecule has 0 aromatic rings. The number of hydrogen-bond donors (Lipinski definition) is 1. The maximum Gasteiger partial charge on any atom is 0.240 e. The van der Waals surface area contributed by atoms with E-state index in [1.807, 2.05) is 0 Å². The van der Waals surface area contributed by atoms with E-state index < -0.39 is 0 Å². The Morgan fingerprint density at radius 2 is 2.11 bits per heavy atom. The fourth-order valence-electron chi connectivity index (χ4n) is 3.18. The van der Waals surface area contributed by atoms with Crippen LogP contribution in [-0.4, -0.2) is 48.2 Å². The zero-order chi connectivity index (χ0) is 12.5. The van der Waals surface area contributed by atoms with E-state index in [-0.39, 0.29) is 18.2 Å². The molecule has 0 spiro atoms. The summed E-state index contributed by atoms with van der Waals surface area (Å²) in [4.78, 5) is 14.5. The number of carbonyl (C=O) groups is 1. The van der Waals surface area contributed by atoms with Crippen LogP contribution in [0.1, 0.15) is 45.4 Å². The molecule has 0 radical (unpaired) electrons. The van der Waals surface area contributed by atoms with Gasteiger partial charge in [-0.2, -0.15) is 0 Å². The van der Waals surface area contributed by atoms with Gasteiger partial charge in [0.1, 0.15) is 0 Å². The van der Waals surface area contributed by atoms with Crippen LogP contribution >= 0.6 is 0 Å². The second-order valence-electron chi connectivity index (χ2n) is 5.96. The lowest BCUT2D eigenvalue weighted by molar-refractivity contribution is -0.141. The molecule has 1 N–H and O–H groups in total. The fraction of sp³-hybridized carbons (Fsp3) is 0.929. The fourth-order valence-corrected chi connectivity index (χ4v) is 3.18. The Kier molecular flexibility index (Phi) is 3.57. The van der Waals surface area contributed by atoms with E-state index in [0.717, 1.165) is 38.8 Å². The molecule has 102 valence electrons. The Hall–Kier alpha value is -0.610. The molecule has 18 heavy (non-hydrogen) atoms. The summed E-state index contributed by atoms with van der Waals surface area (Å²) in [5.41, 5.74) is 0. The Balaban J connectivity index is 1.61. The average Bonchev–Trinajstić information content (AvgIpc) is 3.02. The molecule has 3 rings (SSSR count). The van der Waals surface area contributed by atoms with Crippen LogP contribution in [0.2, 0.25) is 0 Å². The highest BCUT2D eigenvalue weighted by Crippen LogP contribution is 2.26. The minimum atomic E-state index is 0.0649. The molecule has 0 bridgehead atoms. The molecule has 0 aromatic carbocycles. The molecule has 2 heterocycles. The van der Waals surface area contributed by atoms with Gasteiger partial charge in [0.2, 0.25) is 5.91 Å². The maximum atomic E-state index is 12.5. The van der Waals surface area contributed by atoms with E-state index >= 15 is 0 Å². The van der Waals surface area contributed by atoms with Crippen molar-refractivity contribution in [1.82, 2.24) is 10.2 Å². The van der Waals surface area contributed by atoms with Crippen LogP contribution in [0.15, 0.2) is 0 Å². The highest BCUT2D eigenvalue weighted by Gasteiger charge is 2.37. The lowest BCUT2D eigenvalue weighted by Gasteiger charge is -2.39. The molecule has 3 unspecified atom stereocenters. The molecule has 0 aromatic heterocycles. The van der Waals surface area contributed by atoms with Gasteiger partial charge in [0.15, 0.2) is 0 Å². The van der Waals surface area contributed by atoms with Crippen molar-refractivity contribution in [2.45, 2.75) is 69.7 Å². The summed E-state index contributed by atoms with van der Waals surface area (Å²) in [6, 6.07) is 0.913. The first-order valence-electron chi connectivity index (χ1n) is 7.44. The number of carbonyl (C=O) groups excluding carboxylic acids is 1. The van der Waals surface area contributed by atoms with Crippen molar-refractivity contribution in [2.75, 3.05) is 13.2 Å². The number of nitrogens with zero attached hydrogens (tertiary/aromatic N) is 1. The Morgan fingerprint density at radius 3 is 2.78 bits per heavy atom. The van der Waals surface area contributed by atoms with Crippen LogP contribution in [-0.2, 0) is 9.53 Å². The van der Waals surface area contributed by atoms with Gasteiger partial charge in [-0.3, -0.25) is 4.79 Å². The van der Waals surface area contributed by atoms with E-state index in [4.69, 9.17) is 4.74 Å². The molecular formula is C14H24N2O2. The quantitative estimate of drug-likeness (QED) is 0.820. The zero-order valence-electron chi connectivity index (χ0n) is 11.2. The summed E-state index contributed by atoms with van der Waals surface area (Å²) in [5, 5.41) is 3.49. The van der Waals surface area contributed by atoms with Gasteiger partial charge in [-0.15, -0.1) is 0 Å². The van der Waals surface area contributed by atoms with E-state index in [1.165, 1.54) is 12.8 Å². The van der Waals surface area contributed by atoms with Crippen molar-refractivity contribution in [3.63, 3.8) is 0 Å². The smallest absolute Gasteiger partial charge is 0.240 e. The van der Waals surface area contributed by atoms with Crippen molar-refractivity contribution in [3.8, 4) is 0 Å². The molecule has 3 aliphatic rings. The molecule has 1 amide bonds. The molecule has 4 nitrogen and oxygen atoms in total. The first-order chi connectivity index (χ1) is 8.75. The van der Waals surface area contributed by atoms with Crippen molar-refractivity contribution >= 4 is 5.91 Å². The van der Waals surface area contributed by atoms with Gasteiger partial charge in [-0.05, 0) is 45.4 Å². The van der Waals surface area contributed by atoms with Crippen molar-refractivity contribution < 1.29 is 9.53 Å². The lowest BCUT2D eigenvalue weighted by atomic mass is 10.00. The molecule has 3 fully saturated rings.